The number of ether oxygens (including phenoxy) is 1. The van der Waals surface area contributed by atoms with E-state index in [1.807, 2.05) is 56.3 Å². The van der Waals surface area contributed by atoms with Gasteiger partial charge < -0.3 is 15.0 Å². The molecule has 1 atom stereocenters. The smallest absolute Gasteiger partial charge is 0.227 e. The number of unbranched alkanes of at least 4 members (excludes halogenated alkanes) is 1. The summed E-state index contributed by atoms with van der Waals surface area (Å²) in [5.74, 6) is 0.454. The van der Waals surface area contributed by atoms with Gasteiger partial charge in [0.1, 0.15) is 5.75 Å². The molecule has 2 aromatic carbocycles. The molecule has 0 aliphatic carbocycles. The van der Waals surface area contributed by atoms with E-state index in [0.29, 0.717) is 13.1 Å². The number of nitrogens with one attached hydrogen (secondary N) is 1. The summed E-state index contributed by atoms with van der Waals surface area (Å²) in [5, 5.41) is 3.00. The molecule has 5 nitrogen and oxygen atoms in total. The average molecular weight is 395 g/mol. The van der Waals surface area contributed by atoms with E-state index in [9.17, 15) is 9.59 Å². The molecule has 154 valence electrons. The zero-order valence-corrected chi connectivity index (χ0v) is 17.3. The zero-order valence-electron chi connectivity index (χ0n) is 17.3. The molecule has 1 aliphatic heterocycles. The van der Waals surface area contributed by atoms with Gasteiger partial charge in [0.2, 0.25) is 11.8 Å². The number of carbonyl (C=O) groups excluding carboxylic acids is 2. The molecule has 0 radical (unpaired) electrons. The number of amides is 2. The number of anilines is 1. The largest absolute Gasteiger partial charge is 0.491 e. The maximum Gasteiger partial charge on any atom is 0.227 e. The fraction of sp³-hybridized carbons (Fsp3) is 0.417. The van der Waals surface area contributed by atoms with Crippen LogP contribution in [-0.2, 0) is 16.0 Å². The van der Waals surface area contributed by atoms with Crippen LogP contribution in [0.25, 0.3) is 0 Å². The summed E-state index contributed by atoms with van der Waals surface area (Å²) >= 11 is 0. The summed E-state index contributed by atoms with van der Waals surface area (Å²) < 4.78 is 5.64. The molecule has 0 saturated carbocycles. The predicted molar refractivity (Wildman–Crippen MR) is 115 cm³/mol. The third-order valence-corrected chi connectivity index (χ3v) is 5.05. The summed E-state index contributed by atoms with van der Waals surface area (Å²) in [5.41, 5.74) is 2.13. The number of hydrogen-bond acceptors (Lipinski definition) is 3. The van der Waals surface area contributed by atoms with Gasteiger partial charge in [0.15, 0.2) is 0 Å². The molecule has 1 heterocycles. The van der Waals surface area contributed by atoms with E-state index < -0.39 is 0 Å². The maximum atomic E-state index is 12.5. The van der Waals surface area contributed by atoms with Crippen LogP contribution in [0.3, 0.4) is 0 Å². The van der Waals surface area contributed by atoms with Crippen molar-refractivity contribution in [1.82, 2.24) is 5.32 Å². The van der Waals surface area contributed by atoms with Crippen LogP contribution in [0.15, 0.2) is 54.6 Å². The molecule has 0 spiro atoms. The molecule has 1 aliphatic rings. The van der Waals surface area contributed by atoms with Crippen molar-refractivity contribution >= 4 is 17.5 Å². The van der Waals surface area contributed by atoms with Crippen LogP contribution in [0.1, 0.15) is 38.7 Å². The highest BCUT2D eigenvalue weighted by Gasteiger charge is 2.34. The van der Waals surface area contributed by atoms with Crippen LogP contribution in [0.4, 0.5) is 5.69 Å². The van der Waals surface area contributed by atoms with Crippen molar-refractivity contribution in [3.63, 3.8) is 0 Å². The van der Waals surface area contributed by atoms with Gasteiger partial charge in [-0.1, -0.05) is 30.3 Å². The third-order valence-electron chi connectivity index (χ3n) is 5.05. The average Bonchev–Trinajstić information content (AvgIpc) is 3.10. The van der Waals surface area contributed by atoms with Crippen LogP contribution in [-0.4, -0.2) is 31.0 Å². The fourth-order valence-corrected chi connectivity index (χ4v) is 3.56. The van der Waals surface area contributed by atoms with Crippen molar-refractivity contribution in [3.8, 4) is 5.75 Å². The lowest BCUT2D eigenvalue weighted by Crippen LogP contribution is -2.33. The second kappa shape index (κ2) is 10.1. The Morgan fingerprint density at radius 1 is 1.10 bits per heavy atom. The number of hydrogen-bond donors (Lipinski definition) is 1. The minimum absolute atomic E-state index is 0.00763. The number of carbonyl (C=O) groups is 2. The van der Waals surface area contributed by atoms with Crippen LogP contribution >= 0.6 is 0 Å². The van der Waals surface area contributed by atoms with Gasteiger partial charge in [-0.25, -0.2) is 0 Å². The Morgan fingerprint density at radius 3 is 2.52 bits per heavy atom. The monoisotopic (exact) mass is 394 g/mol. The highest BCUT2D eigenvalue weighted by Crippen LogP contribution is 2.27. The lowest BCUT2D eigenvalue weighted by molar-refractivity contribution is -0.126. The second-order valence-electron chi connectivity index (χ2n) is 7.80. The van der Waals surface area contributed by atoms with Gasteiger partial charge in [0.05, 0.1) is 12.0 Å². The number of benzene rings is 2. The first kappa shape index (κ1) is 20.9. The van der Waals surface area contributed by atoms with E-state index in [2.05, 4.69) is 17.4 Å². The van der Waals surface area contributed by atoms with Crippen molar-refractivity contribution in [3.05, 3.63) is 60.2 Å². The Kier molecular flexibility index (Phi) is 7.28. The van der Waals surface area contributed by atoms with Gasteiger partial charge in [0, 0.05) is 25.2 Å². The Bertz CT molecular complexity index is 803. The molecule has 0 aromatic heterocycles. The van der Waals surface area contributed by atoms with E-state index in [1.165, 1.54) is 5.56 Å². The van der Waals surface area contributed by atoms with Crippen molar-refractivity contribution in [2.45, 2.75) is 45.6 Å². The Labute approximate surface area is 173 Å². The van der Waals surface area contributed by atoms with Gasteiger partial charge in [-0.2, -0.15) is 0 Å². The minimum Gasteiger partial charge on any atom is -0.491 e. The molecular formula is C24H30N2O3. The van der Waals surface area contributed by atoms with E-state index in [-0.39, 0.29) is 30.3 Å². The molecule has 3 rings (SSSR count). The highest BCUT2D eigenvalue weighted by atomic mass is 16.5. The predicted octanol–water partition coefficient (Wildman–Crippen LogP) is 3.97. The van der Waals surface area contributed by atoms with Crippen molar-refractivity contribution in [1.29, 1.82) is 0 Å². The third kappa shape index (κ3) is 6.08. The van der Waals surface area contributed by atoms with E-state index >= 15 is 0 Å². The normalized spacial score (nSPS) is 16.3. The first-order valence-electron chi connectivity index (χ1n) is 10.4. The van der Waals surface area contributed by atoms with Crippen LogP contribution in [0, 0.1) is 5.92 Å². The molecule has 0 bridgehead atoms. The molecule has 1 saturated heterocycles. The maximum absolute atomic E-state index is 12.5. The highest BCUT2D eigenvalue weighted by molar-refractivity contribution is 6.00. The molecule has 2 amide bonds. The summed E-state index contributed by atoms with van der Waals surface area (Å²) in [6.45, 7) is 5.03. The van der Waals surface area contributed by atoms with Gasteiger partial charge in [0.25, 0.3) is 0 Å². The molecule has 29 heavy (non-hydrogen) atoms. The Morgan fingerprint density at radius 2 is 1.83 bits per heavy atom. The van der Waals surface area contributed by atoms with Gasteiger partial charge in [-0.05, 0) is 62.9 Å². The topological polar surface area (TPSA) is 58.6 Å². The minimum atomic E-state index is -0.289. The Balaban J connectivity index is 1.42. The lowest BCUT2D eigenvalue weighted by atomic mass is 10.1. The zero-order chi connectivity index (χ0) is 20.6. The molecule has 0 unspecified atom stereocenters. The number of rotatable bonds is 9. The van der Waals surface area contributed by atoms with E-state index in [4.69, 9.17) is 4.74 Å². The molecule has 1 N–H and O–H groups in total. The molecule has 2 aromatic rings. The quantitative estimate of drug-likeness (QED) is 0.655. The molecular weight excluding hydrogens is 364 g/mol. The van der Waals surface area contributed by atoms with Crippen LogP contribution < -0.4 is 15.0 Å². The van der Waals surface area contributed by atoms with Gasteiger partial charge >= 0.3 is 0 Å². The van der Waals surface area contributed by atoms with Crippen molar-refractivity contribution < 1.29 is 14.3 Å². The Hall–Kier alpha value is -2.82. The molecule has 1 fully saturated rings. The lowest BCUT2D eigenvalue weighted by Gasteiger charge is -2.18. The molecule has 5 heteroatoms. The van der Waals surface area contributed by atoms with Gasteiger partial charge in [-0.3, -0.25) is 9.59 Å². The summed E-state index contributed by atoms with van der Waals surface area (Å²) in [4.78, 5) is 26.6. The second-order valence-corrected chi connectivity index (χ2v) is 7.80. The summed E-state index contributed by atoms with van der Waals surface area (Å²) in [7, 11) is 0. The van der Waals surface area contributed by atoms with Crippen LogP contribution in [0.5, 0.6) is 5.75 Å². The number of nitrogens with zero attached hydrogens (tertiary/aromatic N) is 1. The van der Waals surface area contributed by atoms with E-state index in [1.54, 1.807) is 4.90 Å². The summed E-state index contributed by atoms with van der Waals surface area (Å²) in [6, 6.07) is 17.8. The SMILES string of the molecule is CC(C)Oc1ccc(N2C[C@H](C(=O)NCCCCc3ccccc3)CC2=O)cc1. The fourth-order valence-electron chi connectivity index (χ4n) is 3.56. The first-order chi connectivity index (χ1) is 14.0. The van der Waals surface area contributed by atoms with Crippen LogP contribution in [0.2, 0.25) is 0 Å². The van der Waals surface area contributed by atoms with Crippen molar-refractivity contribution in [2.24, 2.45) is 5.92 Å². The number of aryl methyl sites for hydroxylation is 1. The van der Waals surface area contributed by atoms with Crippen molar-refractivity contribution in [2.75, 3.05) is 18.0 Å². The van der Waals surface area contributed by atoms with Gasteiger partial charge in [-0.15, -0.1) is 0 Å². The van der Waals surface area contributed by atoms with E-state index in [0.717, 1.165) is 30.7 Å². The summed E-state index contributed by atoms with van der Waals surface area (Å²) in [6.07, 6.45) is 3.35. The standard InChI is InChI=1S/C24H30N2O3/c1-18(2)29-22-13-11-21(12-14-22)26-17-20(16-23(26)27)24(28)25-15-7-6-10-19-8-4-3-5-9-19/h3-5,8-9,11-14,18,20H,6-7,10,15-17H2,1-2H3,(H,25,28)/t20-/m1/s1. The first-order valence-corrected chi connectivity index (χ1v) is 10.4.